The number of ether oxygens (including phenoxy) is 1. The first-order valence-corrected chi connectivity index (χ1v) is 13.1. The van der Waals surface area contributed by atoms with Crippen molar-refractivity contribution in [3.8, 4) is 11.6 Å². The summed E-state index contributed by atoms with van der Waals surface area (Å²) in [5, 5.41) is 30.6. The molecule has 11 heteroatoms. The van der Waals surface area contributed by atoms with E-state index in [1.807, 2.05) is 28.8 Å². The molecule has 1 amide bonds. The summed E-state index contributed by atoms with van der Waals surface area (Å²) in [6.45, 7) is 7.72. The minimum atomic E-state index is -0.547. The third-order valence-corrected chi connectivity index (χ3v) is 7.07. The number of nitro benzene ring substituents is 1. The number of piperazine rings is 1. The molecule has 1 aliphatic rings. The zero-order chi connectivity index (χ0) is 28.1. The van der Waals surface area contributed by atoms with Gasteiger partial charge in [-0.3, -0.25) is 24.4 Å². The number of likely N-dealkylation sites (N-methyl/N-ethyl adjacent to an activating group) is 1. The summed E-state index contributed by atoms with van der Waals surface area (Å²) in [5.41, 5.74) is 2.21. The lowest BCUT2D eigenvalue weighted by atomic mass is 10.2. The fraction of sp³-hybridized carbons (Fsp3) is 0.276. The molecule has 0 unspecified atom stereocenters. The van der Waals surface area contributed by atoms with E-state index in [2.05, 4.69) is 27.0 Å². The number of hydrogen-bond donors (Lipinski definition) is 1. The Morgan fingerprint density at radius 3 is 2.33 bits per heavy atom. The topological polar surface area (TPSA) is 126 Å². The van der Waals surface area contributed by atoms with Gasteiger partial charge >= 0.3 is 0 Å². The van der Waals surface area contributed by atoms with Crippen molar-refractivity contribution >= 4 is 28.2 Å². The molecular formula is C29H30N6O5. The maximum absolute atomic E-state index is 12.8. The Hall–Kier alpha value is -4.61. The lowest BCUT2D eigenvalue weighted by Gasteiger charge is -2.34. The quantitative estimate of drug-likeness (QED) is 0.172. The van der Waals surface area contributed by atoms with Gasteiger partial charge < -0.3 is 14.7 Å². The number of rotatable bonds is 9. The van der Waals surface area contributed by atoms with Crippen LogP contribution in [0.15, 0.2) is 83.0 Å². The summed E-state index contributed by atoms with van der Waals surface area (Å²) >= 11 is 0. The zero-order valence-electron chi connectivity index (χ0n) is 22.1. The van der Waals surface area contributed by atoms with E-state index in [0.717, 1.165) is 49.2 Å². The predicted molar refractivity (Wildman–Crippen MR) is 150 cm³/mol. The predicted octanol–water partition coefficient (Wildman–Crippen LogP) is 5.35. The van der Waals surface area contributed by atoms with Gasteiger partial charge in [-0.1, -0.05) is 25.1 Å². The van der Waals surface area contributed by atoms with E-state index in [0.29, 0.717) is 18.0 Å². The molecule has 2 heterocycles. The van der Waals surface area contributed by atoms with Gasteiger partial charge in [0.1, 0.15) is 12.4 Å². The van der Waals surface area contributed by atoms with Gasteiger partial charge in [0.05, 0.1) is 17.1 Å². The van der Waals surface area contributed by atoms with E-state index >= 15 is 0 Å². The lowest BCUT2D eigenvalue weighted by Crippen LogP contribution is -2.46. The fourth-order valence-corrected chi connectivity index (χ4v) is 4.69. The minimum absolute atomic E-state index is 0.0177. The number of azo groups is 1. The molecule has 0 aliphatic carbocycles. The Morgan fingerprint density at radius 1 is 0.975 bits per heavy atom. The van der Waals surface area contributed by atoms with Crippen LogP contribution in [0.3, 0.4) is 0 Å². The third kappa shape index (κ3) is 6.00. The van der Waals surface area contributed by atoms with Crippen molar-refractivity contribution in [2.45, 2.75) is 20.2 Å². The average molecular weight is 543 g/mol. The molecule has 0 spiro atoms. The normalized spacial score (nSPS) is 14.6. The summed E-state index contributed by atoms with van der Waals surface area (Å²) in [4.78, 5) is 27.8. The molecule has 206 valence electrons. The Labute approximate surface area is 231 Å². The summed E-state index contributed by atoms with van der Waals surface area (Å²) in [6, 6.07) is 20.1. The highest BCUT2D eigenvalue weighted by molar-refractivity contribution is 5.97. The van der Waals surface area contributed by atoms with Gasteiger partial charge in [0.2, 0.25) is 5.88 Å². The smallest absolute Gasteiger partial charge is 0.295 e. The molecule has 5 rings (SSSR count). The van der Waals surface area contributed by atoms with E-state index in [1.54, 1.807) is 36.4 Å². The van der Waals surface area contributed by atoms with E-state index in [-0.39, 0.29) is 23.9 Å². The molecule has 4 aromatic rings. The van der Waals surface area contributed by atoms with Gasteiger partial charge in [-0.2, -0.15) is 0 Å². The number of fused-ring (bicyclic) bond motifs is 1. The lowest BCUT2D eigenvalue weighted by molar-refractivity contribution is -0.384. The number of para-hydroxylation sites is 1. The molecule has 3 aromatic carbocycles. The van der Waals surface area contributed by atoms with Crippen LogP contribution in [0.5, 0.6) is 11.6 Å². The van der Waals surface area contributed by atoms with Crippen molar-refractivity contribution in [3.05, 3.63) is 94.0 Å². The number of carbonyl (C=O) groups is 1. The number of nitrogens with zero attached hydrogens (tertiary/aromatic N) is 6. The van der Waals surface area contributed by atoms with Gasteiger partial charge in [-0.25, -0.2) is 0 Å². The summed E-state index contributed by atoms with van der Waals surface area (Å²) in [6.07, 6.45) is 0. The molecule has 1 aliphatic heterocycles. The summed E-state index contributed by atoms with van der Waals surface area (Å²) < 4.78 is 7.53. The molecule has 0 bridgehead atoms. The summed E-state index contributed by atoms with van der Waals surface area (Å²) in [5.74, 6) is -0.0353. The van der Waals surface area contributed by atoms with E-state index in [1.165, 1.54) is 12.1 Å². The number of aromatic hydroxyl groups is 1. The zero-order valence-corrected chi connectivity index (χ0v) is 22.1. The Bertz CT molecular complexity index is 1520. The van der Waals surface area contributed by atoms with E-state index < -0.39 is 10.8 Å². The van der Waals surface area contributed by atoms with Crippen molar-refractivity contribution in [2.24, 2.45) is 10.2 Å². The second kappa shape index (κ2) is 12.1. The van der Waals surface area contributed by atoms with Crippen molar-refractivity contribution in [1.29, 1.82) is 0 Å². The monoisotopic (exact) mass is 542 g/mol. The second-order valence-electron chi connectivity index (χ2n) is 9.55. The highest BCUT2D eigenvalue weighted by Gasteiger charge is 2.21. The van der Waals surface area contributed by atoms with Crippen molar-refractivity contribution < 1.29 is 19.6 Å². The number of nitro groups is 1. The van der Waals surface area contributed by atoms with Crippen LogP contribution in [0.4, 0.5) is 11.4 Å². The molecule has 1 N–H and O–H groups in total. The third-order valence-electron chi connectivity index (χ3n) is 7.07. The molecule has 1 aromatic heterocycles. The number of carbonyl (C=O) groups excluding carboxylic acids is 1. The molecule has 1 fully saturated rings. The van der Waals surface area contributed by atoms with Crippen LogP contribution in [-0.2, 0) is 13.3 Å². The van der Waals surface area contributed by atoms with Crippen LogP contribution < -0.4 is 4.74 Å². The van der Waals surface area contributed by atoms with Gasteiger partial charge in [0, 0.05) is 49.3 Å². The van der Waals surface area contributed by atoms with Crippen LogP contribution in [0, 0.1) is 10.1 Å². The van der Waals surface area contributed by atoms with Crippen LogP contribution in [-0.4, -0.2) is 63.0 Å². The minimum Gasteiger partial charge on any atom is -0.493 e. The molecule has 0 atom stereocenters. The SMILES string of the molecule is CCN1CCN(Cn2c(O)c(N=NC(=O)c3ccc(OCc4ccc([N+](=O)[O-])cc4)cc3)c3ccccc32)CC1. The van der Waals surface area contributed by atoms with E-state index in [4.69, 9.17) is 4.74 Å². The Morgan fingerprint density at radius 2 is 1.65 bits per heavy atom. The maximum atomic E-state index is 12.8. The van der Waals surface area contributed by atoms with Crippen LogP contribution >= 0.6 is 0 Å². The Balaban J connectivity index is 1.25. The van der Waals surface area contributed by atoms with Crippen LogP contribution in [0.1, 0.15) is 22.8 Å². The number of amides is 1. The number of aromatic nitrogens is 1. The van der Waals surface area contributed by atoms with Gasteiger partial charge in [0.25, 0.3) is 11.6 Å². The maximum Gasteiger partial charge on any atom is 0.295 e. The molecule has 40 heavy (non-hydrogen) atoms. The molecule has 0 saturated carbocycles. The summed E-state index contributed by atoms with van der Waals surface area (Å²) in [7, 11) is 0. The number of hydrogen-bond acceptors (Lipinski definition) is 8. The first-order valence-electron chi connectivity index (χ1n) is 13.1. The number of benzene rings is 3. The molecule has 1 saturated heterocycles. The first-order chi connectivity index (χ1) is 19.4. The van der Waals surface area contributed by atoms with Crippen molar-refractivity contribution in [3.63, 3.8) is 0 Å². The largest absolute Gasteiger partial charge is 0.493 e. The first kappa shape index (κ1) is 27.0. The van der Waals surface area contributed by atoms with Crippen molar-refractivity contribution in [2.75, 3.05) is 32.7 Å². The van der Waals surface area contributed by atoms with Gasteiger partial charge in [-0.05, 0) is 54.6 Å². The Kier molecular flexibility index (Phi) is 8.13. The molecule has 11 nitrogen and oxygen atoms in total. The molecule has 0 radical (unpaired) electrons. The average Bonchev–Trinajstić information content (AvgIpc) is 3.25. The second-order valence-corrected chi connectivity index (χ2v) is 9.55. The van der Waals surface area contributed by atoms with Gasteiger partial charge in [-0.15, -0.1) is 10.2 Å². The highest BCUT2D eigenvalue weighted by atomic mass is 16.6. The van der Waals surface area contributed by atoms with Crippen molar-refractivity contribution in [1.82, 2.24) is 14.4 Å². The standard InChI is InChI=1S/C29H30N6O5/c1-2-32-15-17-33(18-16-32)20-34-26-6-4-3-5-25(26)27(29(34)37)30-31-28(36)22-9-13-24(14-10-22)40-19-21-7-11-23(12-8-21)35(38)39/h3-14,37H,2,15-20H2,1H3. The van der Waals surface area contributed by atoms with E-state index in [9.17, 15) is 20.0 Å². The van der Waals surface area contributed by atoms with Crippen LogP contribution in [0.2, 0.25) is 0 Å². The fourth-order valence-electron chi connectivity index (χ4n) is 4.69. The van der Waals surface area contributed by atoms with Crippen LogP contribution in [0.25, 0.3) is 10.9 Å². The molecular weight excluding hydrogens is 512 g/mol. The van der Waals surface area contributed by atoms with Gasteiger partial charge in [0.15, 0.2) is 5.69 Å². The number of non-ortho nitro benzene ring substituents is 1. The highest BCUT2D eigenvalue weighted by Crippen LogP contribution is 2.39.